The SMILES string of the molecule is CCn1cc(CN2CCN(C(C)=O)C[C@@H]2c2ccccc2)c(C)n1. The summed E-state index contributed by atoms with van der Waals surface area (Å²) in [5.74, 6) is 0.158. The van der Waals surface area contributed by atoms with Crippen LogP contribution < -0.4 is 0 Å². The van der Waals surface area contributed by atoms with E-state index in [0.29, 0.717) is 0 Å². The number of carbonyl (C=O) groups is 1. The van der Waals surface area contributed by atoms with E-state index in [0.717, 1.165) is 38.4 Å². The number of piperazine rings is 1. The van der Waals surface area contributed by atoms with Crippen molar-refractivity contribution in [3.63, 3.8) is 0 Å². The number of nitrogens with zero attached hydrogens (tertiary/aromatic N) is 4. The van der Waals surface area contributed by atoms with Crippen molar-refractivity contribution < 1.29 is 4.79 Å². The van der Waals surface area contributed by atoms with Crippen molar-refractivity contribution in [1.82, 2.24) is 19.6 Å². The van der Waals surface area contributed by atoms with E-state index in [1.807, 2.05) is 15.6 Å². The van der Waals surface area contributed by atoms with Crippen LogP contribution in [0.1, 0.15) is 36.7 Å². The quantitative estimate of drug-likeness (QED) is 0.867. The van der Waals surface area contributed by atoms with Crippen molar-refractivity contribution in [1.29, 1.82) is 0 Å². The first-order valence-corrected chi connectivity index (χ1v) is 8.66. The number of hydrogen-bond donors (Lipinski definition) is 0. The molecular weight excluding hydrogens is 300 g/mol. The van der Waals surface area contributed by atoms with E-state index in [9.17, 15) is 4.79 Å². The van der Waals surface area contributed by atoms with Crippen molar-refractivity contribution in [3.8, 4) is 0 Å². The van der Waals surface area contributed by atoms with Crippen molar-refractivity contribution in [2.75, 3.05) is 19.6 Å². The average molecular weight is 326 g/mol. The third kappa shape index (κ3) is 3.51. The van der Waals surface area contributed by atoms with E-state index in [2.05, 4.69) is 54.3 Å². The summed E-state index contributed by atoms with van der Waals surface area (Å²) >= 11 is 0. The lowest BCUT2D eigenvalue weighted by molar-refractivity contribution is -0.132. The first-order valence-electron chi connectivity index (χ1n) is 8.66. The number of amides is 1. The Balaban J connectivity index is 1.84. The van der Waals surface area contributed by atoms with E-state index in [1.165, 1.54) is 11.1 Å². The first-order chi connectivity index (χ1) is 11.6. The summed E-state index contributed by atoms with van der Waals surface area (Å²) in [6.45, 7) is 10.0. The van der Waals surface area contributed by atoms with Gasteiger partial charge in [0.05, 0.1) is 11.7 Å². The molecule has 1 amide bonds. The lowest BCUT2D eigenvalue weighted by Gasteiger charge is -2.41. The molecule has 5 heteroatoms. The molecule has 0 unspecified atom stereocenters. The summed E-state index contributed by atoms with van der Waals surface area (Å²) in [5.41, 5.74) is 3.63. The van der Waals surface area contributed by atoms with Gasteiger partial charge in [-0.2, -0.15) is 5.10 Å². The fourth-order valence-electron chi connectivity index (χ4n) is 3.38. The molecule has 0 saturated carbocycles. The molecule has 1 aliphatic heterocycles. The van der Waals surface area contributed by atoms with E-state index >= 15 is 0 Å². The molecule has 1 saturated heterocycles. The fourth-order valence-corrected chi connectivity index (χ4v) is 3.38. The first kappa shape index (κ1) is 16.7. The molecule has 3 rings (SSSR count). The summed E-state index contributed by atoms with van der Waals surface area (Å²) in [5, 5.41) is 4.56. The molecule has 0 spiro atoms. The van der Waals surface area contributed by atoms with Crippen LogP contribution in [0.5, 0.6) is 0 Å². The average Bonchev–Trinajstić information content (AvgIpc) is 2.96. The van der Waals surface area contributed by atoms with Gasteiger partial charge in [-0.1, -0.05) is 30.3 Å². The number of aryl methyl sites for hydroxylation is 2. The molecule has 1 aromatic carbocycles. The van der Waals surface area contributed by atoms with Gasteiger partial charge in [-0.25, -0.2) is 0 Å². The largest absolute Gasteiger partial charge is 0.340 e. The maximum Gasteiger partial charge on any atom is 0.219 e. The second-order valence-corrected chi connectivity index (χ2v) is 6.46. The smallest absolute Gasteiger partial charge is 0.219 e. The van der Waals surface area contributed by atoms with Gasteiger partial charge in [-0.3, -0.25) is 14.4 Å². The monoisotopic (exact) mass is 326 g/mol. The Bertz CT molecular complexity index is 695. The Labute approximate surface area is 143 Å². The number of hydrogen-bond acceptors (Lipinski definition) is 3. The van der Waals surface area contributed by atoms with E-state index in [1.54, 1.807) is 6.92 Å². The zero-order chi connectivity index (χ0) is 17.1. The van der Waals surface area contributed by atoms with E-state index in [-0.39, 0.29) is 11.9 Å². The Kier molecular flexibility index (Phi) is 5.00. The van der Waals surface area contributed by atoms with Crippen LogP contribution >= 0.6 is 0 Å². The van der Waals surface area contributed by atoms with Crippen LogP contribution in [0, 0.1) is 6.92 Å². The number of rotatable bonds is 4. The third-order valence-corrected chi connectivity index (χ3v) is 4.87. The van der Waals surface area contributed by atoms with Gasteiger partial charge in [0.25, 0.3) is 0 Å². The second-order valence-electron chi connectivity index (χ2n) is 6.46. The Morgan fingerprint density at radius 1 is 1.25 bits per heavy atom. The number of aromatic nitrogens is 2. The minimum absolute atomic E-state index is 0.158. The highest BCUT2D eigenvalue weighted by Crippen LogP contribution is 2.27. The lowest BCUT2D eigenvalue weighted by atomic mass is 10.0. The maximum atomic E-state index is 11.8. The molecular formula is C19H26N4O. The third-order valence-electron chi connectivity index (χ3n) is 4.87. The van der Waals surface area contributed by atoms with Crippen molar-refractivity contribution in [3.05, 3.63) is 53.3 Å². The molecule has 128 valence electrons. The molecule has 0 aliphatic carbocycles. The molecule has 0 N–H and O–H groups in total. The van der Waals surface area contributed by atoms with Crippen LogP contribution in [0.25, 0.3) is 0 Å². The zero-order valence-corrected chi connectivity index (χ0v) is 14.8. The Morgan fingerprint density at radius 3 is 2.62 bits per heavy atom. The molecule has 1 fully saturated rings. The van der Waals surface area contributed by atoms with Gasteiger partial charge >= 0.3 is 0 Å². The van der Waals surface area contributed by atoms with Gasteiger partial charge in [0.1, 0.15) is 0 Å². The van der Waals surface area contributed by atoms with Crippen LogP contribution in [0.15, 0.2) is 36.5 Å². The van der Waals surface area contributed by atoms with Gasteiger partial charge in [-0.15, -0.1) is 0 Å². The van der Waals surface area contributed by atoms with Crippen molar-refractivity contribution >= 4 is 5.91 Å². The minimum atomic E-state index is 0.158. The van der Waals surface area contributed by atoms with Crippen molar-refractivity contribution in [2.24, 2.45) is 0 Å². The topological polar surface area (TPSA) is 41.4 Å². The summed E-state index contributed by atoms with van der Waals surface area (Å²) in [4.78, 5) is 16.3. The molecule has 1 atom stereocenters. The molecule has 0 radical (unpaired) electrons. The zero-order valence-electron chi connectivity index (χ0n) is 14.8. The number of carbonyl (C=O) groups excluding carboxylic acids is 1. The Hall–Kier alpha value is -2.14. The normalized spacial score (nSPS) is 18.8. The van der Waals surface area contributed by atoms with Crippen LogP contribution in [0.4, 0.5) is 0 Å². The molecule has 2 heterocycles. The summed E-state index contributed by atoms with van der Waals surface area (Å²) in [6, 6.07) is 10.7. The molecule has 1 aromatic heterocycles. The van der Waals surface area contributed by atoms with Crippen LogP contribution in [0.2, 0.25) is 0 Å². The second kappa shape index (κ2) is 7.18. The summed E-state index contributed by atoms with van der Waals surface area (Å²) in [7, 11) is 0. The van der Waals surface area contributed by atoms with Gasteiger partial charge < -0.3 is 4.90 Å². The number of benzene rings is 1. The molecule has 5 nitrogen and oxygen atoms in total. The molecule has 2 aromatic rings. The highest BCUT2D eigenvalue weighted by molar-refractivity contribution is 5.73. The maximum absolute atomic E-state index is 11.8. The predicted molar refractivity (Wildman–Crippen MR) is 94.5 cm³/mol. The highest BCUT2D eigenvalue weighted by atomic mass is 16.2. The van der Waals surface area contributed by atoms with E-state index in [4.69, 9.17) is 0 Å². The lowest BCUT2D eigenvalue weighted by Crippen LogP contribution is -2.49. The molecule has 0 bridgehead atoms. The standard InChI is InChI=1S/C19H26N4O/c1-4-23-13-18(15(2)20-23)12-22-11-10-21(16(3)24)14-19(22)17-8-6-5-7-9-17/h5-9,13,19H,4,10-12,14H2,1-3H3/t19-/m1/s1. The molecule has 1 aliphatic rings. The molecule has 24 heavy (non-hydrogen) atoms. The summed E-state index contributed by atoms with van der Waals surface area (Å²) in [6.07, 6.45) is 2.15. The van der Waals surface area contributed by atoms with Gasteiger partial charge in [0.15, 0.2) is 0 Å². The van der Waals surface area contributed by atoms with Gasteiger partial charge in [0.2, 0.25) is 5.91 Å². The van der Waals surface area contributed by atoms with E-state index < -0.39 is 0 Å². The van der Waals surface area contributed by atoms with Crippen LogP contribution in [-0.4, -0.2) is 45.1 Å². The summed E-state index contributed by atoms with van der Waals surface area (Å²) < 4.78 is 1.99. The minimum Gasteiger partial charge on any atom is -0.340 e. The Morgan fingerprint density at radius 2 is 2.00 bits per heavy atom. The van der Waals surface area contributed by atoms with Crippen LogP contribution in [-0.2, 0) is 17.9 Å². The highest BCUT2D eigenvalue weighted by Gasteiger charge is 2.29. The van der Waals surface area contributed by atoms with Crippen molar-refractivity contribution in [2.45, 2.75) is 39.9 Å². The van der Waals surface area contributed by atoms with Gasteiger partial charge in [-0.05, 0) is 19.4 Å². The van der Waals surface area contributed by atoms with Crippen LogP contribution in [0.3, 0.4) is 0 Å². The fraction of sp³-hybridized carbons (Fsp3) is 0.474. The predicted octanol–water partition coefficient (Wildman–Crippen LogP) is 2.62. The van der Waals surface area contributed by atoms with Gasteiger partial charge in [0, 0.05) is 51.4 Å².